The minimum absolute atomic E-state index is 0.0482. The molecule has 2 aromatic heterocycles. The first-order valence-electron chi connectivity index (χ1n) is 12.1. The molecule has 198 valence electrons. The summed E-state index contributed by atoms with van der Waals surface area (Å²) in [5.41, 5.74) is 0.115. The Kier molecular flexibility index (Phi) is 9.10. The Balaban J connectivity index is 1.88. The summed E-state index contributed by atoms with van der Waals surface area (Å²) in [5, 5.41) is 9.40. The van der Waals surface area contributed by atoms with Crippen molar-refractivity contribution in [2.45, 2.75) is 65.1 Å². The summed E-state index contributed by atoms with van der Waals surface area (Å²) in [6.45, 7) is 7.58. The summed E-state index contributed by atoms with van der Waals surface area (Å²) in [7, 11) is 1.56. The number of methoxy groups -OCH3 is 1. The van der Waals surface area contributed by atoms with Crippen LogP contribution in [0.4, 0.5) is 5.82 Å². The number of ether oxygens (including phenoxy) is 1. The van der Waals surface area contributed by atoms with E-state index in [0.717, 1.165) is 0 Å². The predicted octanol–water partition coefficient (Wildman–Crippen LogP) is 4.38. The molecule has 3 rings (SSSR count). The van der Waals surface area contributed by atoms with Gasteiger partial charge in [0.15, 0.2) is 5.82 Å². The standard InChI is InChI=1S/C27H34N4O6/c1-6-27(3,4)29-26(34)25(19-9-11-20(35-5)12-10-19)31(17-21-8-7-15-36-21)24(33)14-13-23(32)28-22-16-18(2)37-30-22/h7-12,15-16,25H,6,13-14,17H2,1-5H3,(H,29,34)(H,28,30,32)/t25-/m0/s1. The fraction of sp³-hybridized carbons (Fsp3) is 0.407. The molecule has 1 atom stereocenters. The third-order valence-corrected chi connectivity index (χ3v) is 6.03. The SMILES string of the molecule is CCC(C)(C)NC(=O)[C@H](c1ccc(OC)cc1)N(Cc1ccco1)C(=O)CCC(=O)Nc1cc(C)on1. The monoisotopic (exact) mass is 510 g/mol. The van der Waals surface area contributed by atoms with Gasteiger partial charge < -0.3 is 29.2 Å². The Labute approximate surface area is 216 Å². The fourth-order valence-electron chi connectivity index (χ4n) is 3.64. The number of hydrogen-bond donors (Lipinski definition) is 2. The van der Waals surface area contributed by atoms with Crippen LogP contribution in [0.3, 0.4) is 0 Å². The van der Waals surface area contributed by atoms with Crippen molar-refractivity contribution in [3.05, 3.63) is 65.8 Å². The van der Waals surface area contributed by atoms with Gasteiger partial charge in [-0.2, -0.15) is 0 Å². The Bertz CT molecular complexity index is 1180. The molecule has 2 heterocycles. The quantitative estimate of drug-likeness (QED) is 0.370. The lowest BCUT2D eigenvalue weighted by Gasteiger charge is -2.34. The van der Waals surface area contributed by atoms with E-state index < -0.39 is 17.5 Å². The van der Waals surface area contributed by atoms with Gasteiger partial charge in [-0.3, -0.25) is 14.4 Å². The lowest BCUT2D eigenvalue weighted by molar-refractivity contribution is -0.143. The Morgan fingerprint density at radius 1 is 1.14 bits per heavy atom. The number of nitrogens with zero attached hydrogens (tertiary/aromatic N) is 2. The van der Waals surface area contributed by atoms with Crippen LogP contribution in [0.2, 0.25) is 0 Å². The first kappa shape index (κ1) is 27.5. The van der Waals surface area contributed by atoms with Crippen molar-refractivity contribution in [3.8, 4) is 5.75 Å². The van der Waals surface area contributed by atoms with E-state index in [0.29, 0.717) is 29.3 Å². The molecular formula is C27H34N4O6. The third-order valence-electron chi connectivity index (χ3n) is 6.03. The van der Waals surface area contributed by atoms with Crippen LogP contribution in [0.15, 0.2) is 57.7 Å². The highest BCUT2D eigenvalue weighted by atomic mass is 16.5. The molecule has 0 aliphatic rings. The number of rotatable bonds is 12. The van der Waals surface area contributed by atoms with Crippen LogP contribution in [0, 0.1) is 6.92 Å². The second-order valence-corrected chi connectivity index (χ2v) is 9.37. The largest absolute Gasteiger partial charge is 0.497 e. The molecule has 10 nitrogen and oxygen atoms in total. The van der Waals surface area contributed by atoms with Crippen molar-refractivity contribution in [1.29, 1.82) is 0 Å². The molecule has 0 bridgehead atoms. The van der Waals surface area contributed by atoms with Crippen molar-refractivity contribution in [1.82, 2.24) is 15.4 Å². The zero-order valence-corrected chi connectivity index (χ0v) is 21.9. The maximum atomic E-state index is 13.7. The lowest BCUT2D eigenvalue weighted by atomic mass is 9.98. The van der Waals surface area contributed by atoms with Crippen LogP contribution in [0.5, 0.6) is 5.75 Å². The molecule has 0 aliphatic heterocycles. The van der Waals surface area contributed by atoms with Gasteiger partial charge in [-0.15, -0.1) is 0 Å². The number of hydrogen-bond acceptors (Lipinski definition) is 7. The predicted molar refractivity (Wildman–Crippen MR) is 137 cm³/mol. The normalized spacial score (nSPS) is 12.0. The summed E-state index contributed by atoms with van der Waals surface area (Å²) in [4.78, 5) is 41.1. The van der Waals surface area contributed by atoms with Crippen LogP contribution in [-0.2, 0) is 20.9 Å². The highest BCUT2D eigenvalue weighted by Gasteiger charge is 2.34. The van der Waals surface area contributed by atoms with E-state index >= 15 is 0 Å². The topological polar surface area (TPSA) is 127 Å². The highest BCUT2D eigenvalue weighted by molar-refractivity contribution is 5.94. The molecule has 0 aliphatic carbocycles. The van der Waals surface area contributed by atoms with Crippen molar-refractivity contribution < 1.29 is 28.1 Å². The third kappa shape index (κ3) is 7.70. The Hall–Kier alpha value is -4.08. The number of aromatic nitrogens is 1. The highest BCUT2D eigenvalue weighted by Crippen LogP contribution is 2.28. The summed E-state index contributed by atoms with van der Waals surface area (Å²) >= 11 is 0. The number of amides is 3. The summed E-state index contributed by atoms with van der Waals surface area (Å²) in [5.74, 6) is 0.862. The summed E-state index contributed by atoms with van der Waals surface area (Å²) in [6, 6.07) is 11.1. The fourth-order valence-corrected chi connectivity index (χ4v) is 3.64. The van der Waals surface area contributed by atoms with Crippen molar-refractivity contribution >= 4 is 23.5 Å². The molecule has 2 N–H and O–H groups in total. The maximum Gasteiger partial charge on any atom is 0.247 e. The lowest BCUT2D eigenvalue weighted by Crippen LogP contribution is -2.50. The first-order chi connectivity index (χ1) is 17.6. The molecule has 1 aromatic carbocycles. The molecule has 10 heteroatoms. The van der Waals surface area contributed by atoms with Crippen LogP contribution in [-0.4, -0.2) is 40.4 Å². The molecule has 0 spiro atoms. The van der Waals surface area contributed by atoms with Gasteiger partial charge in [0.05, 0.1) is 19.9 Å². The van der Waals surface area contributed by atoms with E-state index in [1.54, 1.807) is 56.5 Å². The van der Waals surface area contributed by atoms with Gasteiger partial charge in [0, 0.05) is 24.4 Å². The zero-order valence-electron chi connectivity index (χ0n) is 21.9. The number of nitrogens with one attached hydrogen (secondary N) is 2. The minimum atomic E-state index is -0.962. The van der Waals surface area contributed by atoms with E-state index in [9.17, 15) is 14.4 Å². The van der Waals surface area contributed by atoms with E-state index in [1.807, 2.05) is 20.8 Å². The van der Waals surface area contributed by atoms with E-state index in [-0.39, 0.29) is 37.0 Å². The molecule has 0 unspecified atom stereocenters. The van der Waals surface area contributed by atoms with Crippen LogP contribution >= 0.6 is 0 Å². The number of carbonyl (C=O) groups is 3. The average Bonchev–Trinajstić information content (AvgIpc) is 3.53. The van der Waals surface area contributed by atoms with Gasteiger partial charge in [-0.25, -0.2) is 0 Å². The van der Waals surface area contributed by atoms with Crippen LogP contribution in [0.1, 0.15) is 63.2 Å². The number of aryl methyl sites for hydroxylation is 1. The Morgan fingerprint density at radius 2 is 1.86 bits per heavy atom. The van der Waals surface area contributed by atoms with Crippen molar-refractivity contribution in [2.75, 3.05) is 12.4 Å². The van der Waals surface area contributed by atoms with E-state index in [2.05, 4.69) is 15.8 Å². The second kappa shape index (κ2) is 12.2. The van der Waals surface area contributed by atoms with Gasteiger partial charge in [0.1, 0.15) is 23.3 Å². The summed E-state index contributed by atoms with van der Waals surface area (Å²) in [6.07, 6.45) is 1.98. The van der Waals surface area contributed by atoms with E-state index in [1.165, 1.54) is 11.2 Å². The zero-order chi connectivity index (χ0) is 27.0. The molecule has 0 saturated carbocycles. The van der Waals surface area contributed by atoms with E-state index in [4.69, 9.17) is 13.7 Å². The molecular weight excluding hydrogens is 476 g/mol. The molecule has 3 amide bonds. The van der Waals surface area contributed by atoms with Crippen molar-refractivity contribution in [2.24, 2.45) is 0 Å². The molecule has 0 saturated heterocycles. The number of furan rings is 1. The van der Waals surface area contributed by atoms with Crippen LogP contribution in [0.25, 0.3) is 0 Å². The van der Waals surface area contributed by atoms with Gasteiger partial charge in [-0.05, 0) is 57.0 Å². The van der Waals surface area contributed by atoms with Gasteiger partial charge >= 0.3 is 0 Å². The number of benzene rings is 1. The maximum absolute atomic E-state index is 13.7. The smallest absolute Gasteiger partial charge is 0.247 e. The second-order valence-electron chi connectivity index (χ2n) is 9.37. The molecule has 0 fully saturated rings. The number of carbonyl (C=O) groups excluding carboxylic acids is 3. The molecule has 37 heavy (non-hydrogen) atoms. The Morgan fingerprint density at radius 3 is 2.43 bits per heavy atom. The summed E-state index contributed by atoms with van der Waals surface area (Å²) < 4.78 is 15.7. The molecule has 3 aromatic rings. The number of anilines is 1. The van der Waals surface area contributed by atoms with Crippen LogP contribution < -0.4 is 15.4 Å². The first-order valence-corrected chi connectivity index (χ1v) is 12.1. The van der Waals surface area contributed by atoms with Crippen molar-refractivity contribution in [3.63, 3.8) is 0 Å². The van der Waals surface area contributed by atoms with Gasteiger partial charge in [-0.1, -0.05) is 24.2 Å². The van der Waals surface area contributed by atoms with Gasteiger partial charge in [0.2, 0.25) is 17.7 Å². The molecule has 0 radical (unpaired) electrons. The average molecular weight is 511 g/mol. The van der Waals surface area contributed by atoms with Gasteiger partial charge in [0.25, 0.3) is 0 Å². The minimum Gasteiger partial charge on any atom is -0.497 e.